The maximum Gasteiger partial charge on any atom is 0.238 e. The minimum atomic E-state index is -3.28. The standard InChI is InChI=1S/C12H19N3O3S.ClH/c1-3-8-19(17,18)15-11-6-4-10(5-7-11)14-12(16)9-13-2;/h4-7,13,15H,3,8-9H2,1-2H3,(H,14,16);1H. The van der Waals surface area contributed by atoms with Crippen molar-refractivity contribution in [1.29, 1.82) is 0 Å². The number of carbonyl (C=O) groups is 1. The summed E-state index contributed by atoms with van der Waals surface area (Å²) in [5.74, 6) is -0.0602. The number of likely N-dealkylation sites (N-methyl/N-ethyl adjacent to an activating group) is 1. The fraction of sp³-hybridized carbons (Fsp3) is 0.417. The molecule has 0 aliphatic carbocycles. The van der Waals surface area contributed by atoms with E-state index in [4.69, 9.17) is 0 Å². The van der Waals surface area contributed by atoms with Gasteiger partial charge in [-0.1, -0.05) is 6.92 Å². The molecule has 0 saturated carbocycles. The zero-order valence-electron chi connectivity index (χ0n) is 11.5. The maximum atomic E-state index is 11.6. The average molecular weight is 322 g/mol. The topological polar surface area (TPSA) is 87.3 Å². The second-order valence-electron chi connectivity index (χ2n) is 4.08. The van der Waals surface area contributed by atoms with Crippen molar-refractivity contribution in [3.63, 3.8) is 0 Å². The Morgan fingerprint density at radius 1 is 1.15 bits per heavy atom. The molecule has 0 bridgehead atoms. The first kappa shape index (κ1) is 18.7. The highest BCUT2D eigenvalue weighted by molar-refractivity contribution is 7.92. The minimum absolute atomic E-state index is 0. The molecule has 1 aromatic carbocycles. The molecule has 0 spiro atoms. The predicted molar refractivity (Wildman–Crippen MR) is 83.9 cm³/mol. The number of carbonyl (C=O) groups excluding carboxylic acids is 1. The van der Waals surface area contributed by atoms with Gasteiger partial charge < -0.3 is 10.6 Å². The van der Waals surface area contributed by atoms with Crippen molar-refractivity contribution >= 4 is 39.7 Å². The summed E-state index contributed by atoms with van der Waals surface area (Å²) in [4.78, 5) is 11.3. The van der Waals surface area contributed by atoms with Crippen molar-refractivity contribution in [2.75, 3.05) is 29.4 Å². The van der Waals surface area contributed by atoms with E-state index in [1.54, 1.807) is 38.2 Å². The maximum absolute atomic E-state index is 11.6. The molecule has 20 heavy (non-hydrogen) atoms. The Morgan fingerprint density at radius 2 is 1.70 bits per heavy atom. The van der Waals surface area contributed by atoms with Crippen LogP contribution in [0.3, 0.4) is 0 Å². The second kappa shape index (κ2) is 8.78. The van der Waals surface area contributed by atoms with Crippen molar-refractivity contribution < 1.29 is 13.2 Å². The summed E-state index contributed by atoms with van der Waals surface area (Å²) in [7, 11) is -1.59. The molecule has 0 aliphatic rings. The van der Waals surface area contributed by atoms with Crippen molar-refractivity contribution in [1.82, 2.24) is 5.32 Å². The summed E-state index contributed by atoms with van der Waals surface area (Å²) in [6.45, 7) is 2.03. The summed E-state index contributed by atoms with van der Waals surface area (Å²) in [6.07, 6.45) is 0.563. The first-order valence-electron chi connectivity index (χ1n) is 6.02. The van der Waals surface area contributed by atoms with Crippen LogP contribution in [0, 0.1) is 0 Å². The molecule has 0 atom stereocenters. The van der Waals surface area contributed by atoms with Gasteiger partial charge in [0.25, 0.3) is 0 Å². The van der Waals surface area contributed by atoms with E-state index in [-0.39, 0.29) is 30.6 Å². The average Bonchev–Trinajstić information content (AvgIpc) is 2.31. The van der Waals surface area contributed by atoms with E-state index < -0.39 is 10.0 Å². The van der Waals surface area contributed by atoms with E-state index in [1.807, 2.05) is 0 Å². The van der Waals surface area contributed by atoms with Crippen LogP contribution in [0.1, 0.15) is 13.3 Å². The Balaban J connectivity index is 0.00000361. The van der Waals surface area contributed by atoms with Crippen LogP contribution < -0.4 is 15.4 Å². The fourth-order valence-electron chi connectivity index (χ4n) is 1.49. The number of sulfonamides is 1. The highest BCUT2D eigenvalue weighted by atomic mass is 35.5. The molecule has 0 unspecified atom stereocenters. The van der Waals surface area contributed by atoms with E-state index in [0.717, 1.165) is 0 Å². The molecule has 3 N–H and O–H groups in total. The predicted octanol–water partition coefficient (Wildman–Crippen LogP) is 1.42. The van der Waals surface area contributed by atoms with Crippen LogP contribution in [0.2, 0.25) is 0 Å². The number of hydrogen-bond donors (Lipinski definition) is 3. The first-order chi connectivity index (χ1) is 8.96. The normalized spacial score (nSPS) is 10.5. The van der Waals surface area contributed by atoms with Gasteiger partial charge in [0.2, 0.25) is 15.9 Å². The zero-order valence-corrected chi connectivity index (χ0v) is 13.1. The molecule has 1 amide bonds. The van der Waals surface area contributed by atoms with Crippen LogP contribution >= 0.6 is 12.4 Å². The van der Waals surface area contributed by atoms with E-state index in [0.29, 0.717) is 17.8 Å². The monoisotopic (exact) mass is 321 g/mol. The van der Waals surface area contributed by atoms with Crippen LogP contribution in [0.15, 0.2) is 24.3 Å². The highest BCUT2D eigenvalue weighted by Gasteiger charge is 2.08. The van der Waals surface area contributed by atoms with Crippen molar-refractivity contribution in [3.8, 4) is 0 Å². The third-order valence-electron chi connectivity index (χ3n) is 2.25. The lowest BCUT2D eigenvalue weighted by molar-refractivity contribution is -0.115. The molecule has 0 aliphatic heterocycles. The van der Waals surface area contributed by atoms with Gasteiger partial charge in [-0.3, -0.25) is 9.52 Å². The Bertz CT molecular complexity index is 517. The van der Waals surface area contributed by atoms with E-state index >= 15 is 0 Å². The van der Waals surface area contributed by atoms with E-state index in [2.05, 4.69) is 15.4 Å². The molecule has 1 rings (SSSR count). The zero-order chi connectivity index (χ0) is 14.3. The van der Waals surface area contributed by atoms with Crippen molar-refractivity contribution in [2.24, 2.45) is 0 Å². The molecule has 8 heteroatoms. The van der Waals surface area contributed by atoms with Crippen LogP contribution in [-0.4, -0.2) is 33.7 Å². The van der Waals surface area contributed by atoms with Gasteiger partial charge in [-0.05, 0) is 37.7 Å². The van der Waals surface area contributed by atoms with E-state index in [1.165, 1.54) is 0 Å². The lowest BCUT2D eigenvalue weighted by Crippen LogP contribution is -2.25. The Labute approximate surface area is 125 Å². The lowest BCUT2D eigenvalue weighted by atomic mass is 10.3. The Kier molecular flexibility index (Phi) is 8.21. The number of benzene rings is 1. The van der Waals surface area contributed by atoms with Crippen molar-refractivity contribution in [2.45, 2.75) is 13.3 Å². The van der Waals surface area contributed by atoms with Gasteiger partial charge in [-0.25, -0.2) is 8.42 Å². The summed E-state index contributed by atoms with van der Waals surface area (Å²) in [6, 6.07) is 6.53. The molecule has 114 valence electrons. The van der Waals surface area contributed by atoms with Crippen LogP contribution in [0.25, 0.3) is 0 Å². The molecular weight excluding hydrogens is 302 g/mol. The van der Waals surface area contributed by atoms with Gasteiger partial charge in [0.1, 0.15) is 0 Å². The first-order valence-corrected chi connectivity index (χ1v) is 7.67. The van der Waals surface area contributed by atoms with Crippen molar-refractivity contribution in [3.05, 3.63) is 24.3 Å². The molecule has 6 nitrogen and oxygen atoms in total. The fourth-order valence-corrected chi connectivity index (χ4v) is 2.62. The van der Waals surface area contributed by atoms with Gasteiger partial charge in [0, 0.05) is 11.4 Å². The highest BCUT2D eigenvalue weighted by Crippen LogP contribution is 2.15. The Morgan fingerprint density at radius 3 is 2.20 bits per heavy atom. The van der Waals surface area contributed by atoms with E-state index in [9.17, 15) is 13.2 Å². The summed E-state index contributed by atoms with van der Waals surface area (Å²) >= 11 is 0. The van der Waals surface area contributed by atoms with Crippen LogP contribution in [0.5, 0.6) is 0 Å². The second-order valence-corrected chi connectivity index (χ2v) is 5.92. The minimum Gasteiger partial charge on any atom is -0.325 e. The number of anilines is 2. The van der Waals surface area contributed by atoms with Gasteiger partial charge in [-0.2, -0.15) is 0 Å². The molecule has 0 radical (unpaired) electrons. The van der Waals surface area contributed by atoms with Gasteiger partial charge in [0.15, 0.2) is 0 Å². The molecule has 0 fully saturated rings. The number of nitrogens with one attached hydrogen (secondary N) is 3. The largest absolute Gasteiger partial charge is 0.325 e. The number of halogens is 1. The lowest BCUT2D eigenvalue weighted by Gasteiger charge is -2.08. The summed E-state index contributed by atoms with van der Waals surface area (Å²) in [5, 5.41) is 5.42. The Hall–Kier alpha value is -1.31. The summed E-state index contributed by atoms with van der Waals surface area (Å²) in [5.41, 5.74) is 1.11. The smallest absolute Gasteiger partial charge is 0.238 e. The molecular formula is C12H20ClN3O3S. The number of hydrogen-bond acceptors (Lipinski definition) is 4. The van der Waals surface area contributed by atoms with Gasteiger partial charge in [0.05, 0.1) is 12.3 Å². The quantitative estimate of drug-likeness (QED) is 0.708. The third kappa shape index (κ3) is 6.74. The third-order valence-corrected chi connectivity index (χ3v) is 3.74. The molecule has 0 heterocycles. The van der Waals surface area contributed by atoms with Gasteiger partial charge >= 0.3 is 0 Å². The number of rotatable bonds is 7. The molecule has 1 aromatic rings. The van der Waals surface area contributed by atoms with Crippen LogP contribution in [0.4, 0.5) is 11.4 Å². The molecule has 0 aromatic heterocycles. The number of amides is 1. The molecule has 0 saturated heterocycles. The summed E-state index contributed by atoms with van der Waals surface area (Å²) < 4.78 is 25.6. The van der Waals surface area contributed by atoms with Crippen LogP contribution in [-0.2, 0) is 14.8 Å². The SMILES string of the molecule is CCCS(=O)(=O)Nc1ccc(NC(=O)CNC)cc1.Cl. The van der Waals surface area contributed by atoms with Gasteiger partial charge in [-0.15, -0.1) is 12.4 Å².